The van der Waals surface area contributed by atoms with Gasteiger partial charge in [-0.05, 0) is 0 Å². The molecule has 0 aromatic heterocycles. The maximum Gasteiger partial charge on any atom is 0.300 e. The van der Waals surface area contributed by atoms with Gasteiger partial charge in [0.15, 0.2) is 28.2 Å². The molecule has 0 saturated heterocycles. The molecular weight excluding hydrogens is 614 g/mol. The third-order valence-electron chi connectivity index (χ3n) is 5.07. The standard InChI is InChI=1S/C20H26I.C6HF5O3S/c1-19(2,3)15-7-11-17(12-8-15)21-18-13-9-16(10-14-18)20(4,5)6;7-1-2(8)4(10)6(15(12,13)14)5(11)3(1)9/h7-14H,1-6H3;(H,12,13,14)/q-1;. The minimum Gasteiger partial charge on any atom is -0.282 e. The van der Waals surface area contributed by atoms with Crippen LogP contribution >= 0.6 is 0 Å². The maximum absolute atomic E-state index is 12.6. The van der Waals surface area contributed by atoms with E-state index in [1.807, 2.05) is 0 Å². The SMILES string of the molecule is CC(C)(C)c1ccc([I-]c2ccc(C(C)(C)C)cc2)cc1.O=S(=O)(O)c1c(F)c(F)c(F)c(F)c1F. The van der Waals surface area contributed by atoms with E-state index in [1.165, 1.54) is 18.3 Å². The quantitative estimate of drug-likeness (QED) is 0.155. The molecule has 0 heterocycles. The van der Waals surface area contributed by atoms with Crippen LogP contribution in [0.15, 0.2) is 53.4 Å². The van der Waals surface area contributed by atoms with Gasteiger partial charge in [0, 0.05) is 0 Å². The molecule has 0 spiro atoms. The molecule has 0 unspecified atom stereocenters. The molecular formula is C26H27F5IO3S-. The van der Waals surface area contributed by atoms with E-state index < -0.39 is 44.1 Å². The summed E-state index contributed by atoms with van der Waals surface area (Å²) >= 11 is -0.0703. The minimum absolute atomic E-state index is 0.0703. The number of hydrogen-bond acceptors (Lipinski definition) is 2. The third kappa shape index (κ3) is 7.48. The molecule has 0 atom stereocenters. The summed E-state index contributed by atoms with van der Waals surface area (Å²) in [5.41, 5.74) is 3.31. The Morgan fingerprint density at radius 1 is 0.583 bits per heavy atom. The molecule has 0 fully saturated rings. The van der Waals surface area contributed by atoms with Crippen LogP contribution in [0.3, 0.4) is 0 Å². The second-order valence-electron chi connectivity index (χ2n) is 9.98. The summed E-state index contributed by atoms with van der Waals surface area (Å²) in [6.07, 6.45) is 0. The Morgan fingerprint density at radius 2 is 0.861 bits per heavy atom. The van der Waals surface area contributed by atoms with Gasteiger partial charge in [-0.15, -0.1) is 0 Å². The van der Waals surface area contributed by atoms with Crippen molar-refractivity contribution in [1.82, 2.24) is 0 Å². The van der Waals surface area contributed by atoms with Crippen LogP contribution < -0.4 is 21.2 Å². The monoisotopic (exact) mass is 641 g/mol. The van der Waals surface area contributed by atoms with Gasteiger partial charge in [-0.25, -0.2) is 22.0 Å². The molecule has 0 aliphatic carbocycles. The van der Waals surface area contributed by atoms with Gasteiger partial charge in [0.1, 0.15) is 0 Å². The fourth-order valence-corrected chi connectivity index (χ4v) is 5.75. The first-order valence-corrected chi connectivity index (χ1v) is 14.3. The van der Waals surface area contributed by atoms with Gasteiger partial charge in [0.2, 0.25) is 5.82 Å². The van der Waals surface area contributed by atoms with Crippen LogP contribution in [0.2, 0.25) is 0 Å². The summed E-state index contributed by atoms with van der Waals surface area (Å²) < 4.78 is 94.3. The maximum atomic E-state index is 12.6. The Hall–Kier alpha value is -2.05. The molecule has 198 valence electrons. The smallest absolute Gasteiger partial charge is 0.282 e. The van der Waals surface area contributed by atoms with Crippen LogP contribution in [0.5, 0.6) is 0 Å². The Morgan fingerprint density at radius 3 is 1.11 bits per heavy atom. The summed E-state index contributed by atoms with van der Waals surface area (Å²) in [5.74, 6) is -12.6. The van der Waals surface area contributed by atoms with E-state index in [9.17, 15) is 30.4 Å². The number of hydrogen-bond donors (Lipinski definition) is 1. The van der Waals surface area contributed by atoms with Crippen molar-refractivity contribution in [3.8, 4) is 0 Å². The van der Waals surface area contributed by atoms with Crippen LogP contribution in [-0.4, -0.2) is 13.0 Å². The predicted octanol–water partition coefficient (Wildman–Crippen LogP) is 4.04. The van der Waals surface area contributed by atoms with E-state index in [0.29, 0.717) is 0 Å². The summed E-state index contributed by atoms with van der Waals surface area (Å²) in [7, 11) is -5.52. The van der Waals surface area contributed by atoms with Gasteiger partial charge in [-0.2, -0.15) is 8.42 Å². The van der Waals surface area contributed by atoms with E-state index in [1.54, 1.807) is 0 Å². The molecule has 3 aromatic rings. The molecule has 3 aromatic carbocycles. The average Bonchev–Trinajstić information content (AvgIpc) is 2.75. The molecule has 3 rings (SSSR count). The summed E-state index contributed by atoms with van der Waals surface area (Å²) in [6, 6.07) is 18.4. The summed E-state index contributed by atoms with van der Waals surface area (Å²) in [6.45, 7) is 13.6. The van der Waals surface area contributed by atoms with Crippen LogP contribution in [-0.2, 0) is 20.9 Å². The van der Waals surface area contributed by atoms with Crippen molar-refractivity contribution < 1.29 is 56.1 Å². The van der Waals surface area contributed by atoms with Crippen molar-refractivity contribution in [1.29, 1.82) is 0 Å². The molecule has 0 radical (unpaired) electrons. The van der Waals surface area contributed by atoms with Crippen LogP contribution in [0, 0.1) is 36.2 Å². The Bertz CT molecular complexity index is 1240. The van der Waals surface area contributed by atoms with Crippen LogP contribution in [0.4, 0.5) is 22.0 Å². The van der Waals surface area contributed by atoms with Gasteiger partial charge in [-0.3, -0.25) is 4.55 Å². The van der Waals surface area contributed by atoms with Crippen molar-refractivity contribution in [3.63, 3.8) is 0 Å². The molecule has 0 bridgehead atoms. The number of benzene rings is 3. The van der Waals surface area contributed by atoms with Gasteiger partial charge in [0.05, 0.1) is 0 Å². The molecule has 1 N–H and O–H groups in total. The summed E-state index contributed by atoms with van der Waals surface area (Å²) in [4.78, 5) is -2.26. The number of rotatable bonds is 3. The zero-order valence-electron chi connectivity index (χ0n) is 20.6. The molecule has 0 aliphatic heterocycles. The van der Waals surface area contributed by atoms with E-state index in [4.69, 9.17) is 4.55 Å². The first-order chi connectivity index (χ1) is 16.3. The predicted molar refractivity (Wildman–Crippen MR) is 124 cm³/mol. The molecule has 3 nitrogen and oxygen atoms in total. The van der Waals surface area contributed by atoms with Crippen molar-refractivity contribution in [3.05, 3.63) is 95.9 Å². The van der Waals surface area contributed by atoms with Crippen molar-refractivity contribution >= 4 is 10.1 Å². The molecule has 36 heavy (non-hydrogen) atoms. The van der Waals surface area contributed by atoms with E-state index in [-0.39, 0.29) is 32.0 Å². The van der Waals surface area contributed by atoms with E-state index in [2.05, 4.69) is 90.1 Å². The average molecular weight is 641 g/mol. The fraction of sp³-hybridized carbons (Fsp3) is 0.308. The number of halogens is 6. The molecule has 10 heteroatoms. The second-order valence-corrected chi connectivity index (χ2v) is 14.4. The van der Waals surface area contributed by atoms with Gasteiger partial charge in [0.25, 0.3) is 0 Å². The van der Waals surface area contributed by atoms with Crippen molar-refractivity contribution in [2.24, 2.45) is 0 Å². The Balaban J connectivity index is 0.000000269. The zero-order chi connectivity index (χ0) is 27.6. The van der Waals surface area contributed by atoms with Crippen molar-refractivity contribution in [2.45, 2.75) is 57.3 Å². The van der Waals surface area contributed by atoms with Crippen molar-refractivity contribution in [2.75, 3.05) is 0 Å². The first-order valence-electron chi connectivity index (χ1n) is 10.7. The summed E-state index contributed by atoms with van der Waals surface area (Å²) in [5, 5.41) is 0. The van der Waals surface area contributed by atoms with E-state index >= 15 is 0 Å². The van der Waals surface area contributed by atoms with Gasteiger partial charge >= 0.3 is 150 Å². The molecule has 0 saturated carbocycles. The Kier molecular flexibility index (Phi) is 9.34. The normalized spacial score (nSPS) is 12.3. The fourth-order valence-electron chi connectivity index (χ4n) is 2.96. The van der Waals surface area contributed by atoms with Crippen LogP contribution in [0.1, 0.15) is 52.7 Å². The van der Waals surface area contributed by atoms with Gasteiger partial charge in [-0.1, -0.05) is 0 Å². The Labute approximate surface area is 218 Å². The van der Waals surface area contributed by atoms with Crippen LogP contribution in [0.25, 0.3) is 0 Å². The first kappa shape index (κ1) is 30.2. The minimum atomic E-state index is -5.52. The second kappa shape index (κ2) is 11.1. The molecule has 0 aliphatic rings. The van der Waals surface area contributed by atoms with E-state index in [0.717, 1.165) is 0 Å². The largest absolute Gasteiger partial charge is 0.300 e. The molecule has 0 amide bonds. The topological polar surface area (TPSA) is 54.4 Å². The zero-order valence-corrected chi connectivity index (χ0v) is 23.5. The third-order valence-corrected chi connectivity index (χ3v) is 8.62. The van der Waals surface area contributed by atoms with Gasteiger partial charge < -0.3 is 0 Å².